The second-order valence-corrected chi connectivity index (χ2v) is 8.01. The minimum absolute atomic E-state index is 0.405. The van der Waals surface area contributed by atoms with Gasteiger partial charge in [-0.05, 0) is 31.9 Å². The first-order valence-corrected chi connectivity index (χ1v) is 10.5. The van der Waals surface area contributed by atoms with Crippen LogP contribution in [0, 0.1) is 0 Å². The molecule has 3 heterocycles. The number of nitrogens with zero attached hydrogens (tertiary/aromatic N) is 6. The zero-order valence-electron chi connectivity index (χ0n) is 17.6. The van der Waals surface area contributed by atoms with E-state index in [1.807, 2.05) is 36.1 Å². The van der Waals surface area contributed by atoms with Gasteiger partial charge in [-0.1, -0.05) is 30.3 Å². The van der Waals surface area contributed by atoms with E-state index in [0.717, 1.165) is 44.1 Å². The first kappa shape index (κ1) is 19.6. The van der Waals surface area contributed by atoms with Gasteiger partial charge in [0.1, 0.15) is 0 Å². The number of hydrogen-bond acceptors (Lipinski definition) is 5. The van der Waals surface area contributed by atoms with Crippen molar-refractivity contribution in [1.82, 2.24) is 24.6 Å². The highest BCUT2D eigenvalue weighted by molar-refractivity contribution is 5.66. The lowest BCUT2D eigenvalue weighted by Gasteiger charge is -2.33. The molecule has 1 fully saturated rings. The Kier molecular flexibility index (Phi) is 5.90. The van der Waals surface area contributed by atoms with Crippen LogP contribution in [0.25, 0.3) is 11.1 Å². The van der Waals surface area contributed by atoms with Gasteiger partial charge >= 0.3 is 0 Å². The topological polar surface area (TPSA) is 50.1 Å². The zero-order valence-corrected chi connectivity index (χ0v) is 17.6. The van der Waals surface area contributed by atoms with Gasteiger partial charge in [-0.3, -0.25) is 9.58 Å². The highest BCUT2D eigenvalue weighted by atomic mass is 15.3. The van der Waals surface area contributed by atoms with Gasteiger partial charge in [0.2, 0.25) is 5.95 Å². The molecule has 3 aromatic rings. The van der Waals surface area contributed by atoms with Crippen LogP contribution >= 0.6 is 0 Å². The van der Waals surface area contributed by atoms with Crippen LogP contribution in [0.15, 0.2) is 48.9 Å². The lowest BCUT2D eigenvalue weighted by molar-refractivity contribution is 0.198. The molecule has 0 N–H and O–H groups in total. The summed E-state index contributed by atoms with van der Waals surface area (Å²) in [4.78, 5) is 14.1. The van der Waals surface area contributed by atoms with Gasteiger partial charge in [-0.2, -0.15) is 5.10 Å². The van der Waals surface area contributed by atoms with Crippen molar-refractivity contribution in [3.8, 4) is 11.1 Å². The van der Waals surface area contributed by atoms with Gasteiger partial charge in [0, 0.05) is 63.2 Å². The Balaban J connectivity index is 1.61. The molecule has 0 unspecified atom stereocenters. The fourth-order valence-electron chi connectivity index (χ4n) is 4.09. The van der Waals surface area contributed by atoms with Gasteiger partial charge in [0.25, 0.3) is 0 Å². The molecule has 29 heavy (non-hydrogen) atoms. The molecule has 1 aliphatic heterocycles. The molecule has 0 bridgehead atoms. The quantitative estimate of drug-likeness (QED) is 0.641. The van der Waals surface area contributed by atoms with Crippen molar-refractivity contribution < 1.29 is 0 Å². The van der Waals surface area contributed by atoms with Gasteiger partial charge < -0.3 is 4.90 Å². The number of piperidine rings is 1. The van der Waals surface area contributed by atoms with Crippen LogP contribution in [0.4, 0.5) is 5.95 Å². The van der Waals surface area contributed by atoms with Crippen molar-refractivity contribution in [3.05, 3.63) is 60.2 Å². The maximum absolute atomic E-state index is 5.00. The fourth-order valence-corrected chi connectivity index (χ4v) is 4.09. The summed E-state index contributed by atoms with van der Waals surface area (Å²) in [7, 11) is 4.00. The predicted octanol–water partition coefficient (Wildman–Crippen LogP) is 3.81. The number of aryl methyl sites for hydroxylation is 1. The third-order valence-corrected chi connectivity index (χ3v) is 5.60. The normalized spacial score (nSPS) is 17.4. The highest BCUT2D eigenvalue weighted by Gasteiger charge is 2.26. The smallest absolute Gasteiger partial charge is 0.225 e. The van der Waals surface area contributed by atoms with Crippen LogP contribution in [0.3, 0.4) is 0 Å². The molecule has 0 saturated carbocycles. The molecule has 6 heteroatoms. The van der Waals surface area contributed by atoms with E-state index < -0.39 is 0 Å². The summed E-state index contributed by atoms with van der Waals surface area (Å²) < 4.78 is 2.00. The Morgan fingerprint density at radius 2 is 1.97 bits per heavy atom. The van der Waals surface area contributed by atoms with E-state index in [4.69, 9.17) is 4.98 Å². The molecule has 1 aromatic carbocycles. The highest BCUT2D eigenvalue weighted by Crippen LogP contribution is 2.34. The van der Waals surface area contributed by atoms with E-state index in [-0.39, 0.29) is 0 Å². The van der Waals surface area contributed by atoms with Crippen molar-refractivity contribution >= 4 is 5.95 Å². The van der Waals surface area contributed by atoms with Crippen LogP contribution in [0.2, 0.25) is 0 Å². The van der Waals surface area contributed by atoms with Crippen LogP contribution in [-0.4, -0.2) is 51.8 Å². The lowest BCUT2D eigenvalue weighted by Crippen LogP contribution is -2.34. The zero-order chi connectivity index (χ0) is 20.2. The molecule has 0 amide bonds. The minimum atomic E-state index is 0.405. The fraction of sp³-hybridized carbons (Fsp3) is 0.435. The van der Waals surface area contributed by atoms with Crippen molar-refractivity contribution in [2.45, 2.75) is 38.8 Å². The van der Waals surface area contributed by atoms with E-state index >= 15 is 0 Å². The lowest BCUT2D eigenvalue weighted by atomic mass is 9.90. The van der Waals surface area contributed by atoms with E-state index in [0.29, 0.717) is 5.92 Å². The first-order chi connectivity index (χ1) is 14.1. The maximum atomic E-state index is 5.00. The van der Waals surface area contributed by atoms with E-state index in [1.54, 1.807) is 0 Å². The summed E-state index contributed by atoms with van der Waals surface area (Å²) in [6.07, 6.45) is 8.50. The maximum Gasteiger partial charge on any atom is 0.225 e. The average Bonchev–Trinajstić information content (AvgIpc) is 3.21. The molecule has 0 spiro atoms. The van der Waals surface area contributed by atoms with Gasteiger partial charge in [-0.15, -0.1) is 0 Å². The van der Waals surface area contributed by atoms with Crippen LogP contribution in [0.5, 0.6) is 0 Å². The van der Waals surface area contributed by atoms with Crippen molar-refractivity contribution in [3.63, 3.8) is 0 Å². The predicted molar refractivity (Wildman–Crippen MR) is 117 cm³/mol. The molecule has 2 aromatic heterocycles. The Hall–Kier alpha value is -2.73. The number of aromatic nitrogens is 4. The number of anilines is 1. The van der Waals surface area contributed by atoms with Crippen LogP contribution < -0.4 is 4.90 Å². The summed E-state index contributed by atoms with van der Waals surface area (Å²) in [5, 5.41) is 4.43. The van der Waals surface area contributed by atoms with Crippen molar-refractivity contribution in [2.24, 2.45) is 0 Å². The standard InChI is InChI=1S/C23H30N6/c1-4-29-16-18(13-25-29)15-28-12-8-11-20(17-28)22-21(19-9-6-5-7-10-19)14-24-23(26-22)27(2)3/h5-7,9-10,13-14,16,20H,4,8,11-12,15,17H2,1-3H3/t20-/m1/s1. The summed E-state index contributed by atoms with van der Waals surface area (Å²) in [5.41, 5.74) is 4.80. The summed E-state index contributed by atoms with van der Waals surface area (Å²) in [6, 6.07) is 10.5. The number of likely N-dealkylation sites (tertiary alicyclic amines) is 1. The average molecular weight is 391 g/mol. The summed E-state index contributed by atoms with van der Waals surface area (Å²) in [6.45, 7) is 6.12. The molecular formula is C23H30N6. The third kappa shape index (κ3) is 4.48. The second kappa shape index (κ2) is 8.74. The van der Waals surface area contributed by atoms with E-state index in [2.05, 4.69) is 58.4 Å². The van der Waals surface area contributed by atoms with E-state index in [1.165, 1.54) is 23.2 Å². The minimum Gasteiger partial charge on any atom is -0.347 e. The van der Waals surface area contributed by atoms with Gasteiger partial charge in [0.05, 0.1) is 11.9 Å². The molecule has 0 radical (unpaired) electrons. The Labute approximate surface area is 173 Å². The first-order valence-electron chi connectivity index (χ1n) is 10.5. The number of hydrogen-bond donors (Lipinski definition) is 0. The third-order valence-electron chi connectivity index (χ3n) is 5.60. The number of rotatable bonds is 6. The summed E-state index contributed by atoms with van der Waals surface area (Å²) >= 11 is 0. The summed E-state index contributed by atoms with van der Waals surface area (Å²) in [5.74, 6) is 1.18. The molecule has 0 aliphatic carbocycles. The molecule has 1 saturated heterocycles. The SMILES string of the molecule is CCn1cc(CN2CCC[C@@H](c3nc(N(C)C)ncc3-c3ccccc3)C2)cn1. The van der Waals surface area contributed by atoms with Crippen molar-refractivity contribution in [1.29, 1.82) is 0 Å². The molecule has 152 valence electrons. The van der Waals surface area contributed by atoms with Gasteiger partial charge in [0.15, 0.2) is 0 Å². The molecular weight excluding hydrogens is 360 g/mol. The van der Waals surface area contributed by atoms with Crippen molar-refractivity contribution in [2.75, 3.05) is 32.1 Å². The molecule has 1 atom stereocenters. The molecule has 1 aliphatic rings. The molecule has 4 rings (SSSR count). The Morgan fingerprint density at radius 1 is 1.14 bits per heavy atom. The van der Waals surface area contributed by atoms with E-state index in [9.17, 15) is 0 Å². The monoisotopic (exact) mass is 390 g/mol. The largest absolute Gasteiger partial charge is 0.347 e. The van der Waals surface area contributed by atoms with Crippen LogP contribution in [0.1, 0.15) is 36.9 Å². The second-order valence-electron chi connectivity index (χ2n) is 8.01. The Bertz CT molecular complexity index is 934. The number of benzene rings is 1. The van der Waals surface area contributed by atoms with Crippen LogP contribution in [-0.2, 0) is 13.1 Å². The molecule has 6 nitrogen and oxygen atoms in total. The Morgan fingerprint density at radius 3 is 2.69 bits per heavy atom. The van der Waals surface area contributed by atoms with Gasteiger partial charge in [-0.25, -0.2) is 9.97 Å².